The van der Waals surface area contributed by atoms with Crippen molar-refractivity contribution in [1.29, 1.82) is 0 Å². The molecule has 2 N–H and O–H groups in total. The van der Waals surface area contributed by atoms with Gasteiger partial charge in [0.1, 0.15) is 27.9 Å². The minimum absolute atomic E-state index is 0.249. The Kier molecular flexibility index (Phi) is 15.3. The van der Waals surface area contributed by atoms with Crippen LogP contribution in [0, 0.1) is 10.8 Å². The molecule has 0 aromatic rings. The van der Waals surface area contributed by atoms with Crippen LogP contribution in [0.2, 0.25) is 0 Å². The van der Waals surface area contributed by atoms with Crippen molar-refractivity contribution in [3.8, 4) is 0 Å². The highest BCUT2D eigenvalue weighted by Crippen LogP contribution is 2.22. The number of rotatable bonds is 6. The molecular weight excluding hydrogens is 607 g/mol. The Labute approximate surface area is 234 Å². The molecule has 2 amide bonds. The van der Waals surface area contributed by atoms with Crippen molar-refractivity contribution in [1.82, 2.24) is 10.6 Å². The van der Waals surface area contributed by atoms with Gasteiger partial charge in [-0.2, -0.15) is 0 Å². The van der Waals surface area contributed by atoms with Gasteiger partial charge in [-0.25, -0.2) is 19.2 Å². The molecule has 0 bridgehead atoms. The topological polar surface area (TPSA) is 129 Å². The number of nitrogens with one attached hydrogen (secondary N) is 2. The lowest BCUT2D eigenvalue weighted by atomic mass is 9.87. The Bertz CT molecular complexity index is 672. The summed E-state index contributed by atoms with van der Waals surface area (Å²) >= 11 is 7.28. The molecule has 0 unspecified atom stereocenters. The van der Waals surface area contributed by atoms with Gasteiger partial charge in [0.2, 0.25) is 0 Å². The van der Waals surface area contributed by atoms with Crippen LogP contribution >= 0.6 is 34.2 Å². The molecular formula is C24H44ClIN2O8. The van der Waals surface area contributed by atoms with Crippen molar-refractivity contribution in [2.24, 2.45) is 10.8 Å². The molecule has 0 aliphatic carbocycles. The zero-order valence-electron chi connectivity index (χ0n) is 23.6. The first kappa shape index (κ1) is 36.7. The summed E-state index contributed by atoms with van der Waals surface area (Å²) in [6, 6.07) is -1.80. The summed E-state index contributed by atoms with van der Waals surface area (Å²) in [5.74, 6) is -1.04. The Morgan fingerprint density at radius 2 is 0.972 bits per heavy atom. The summed E-state index contributed by atoms with van der Waals surface area (Å²) in [7, 11) is 0. The highest BCUT2D eigenvalue weighted by Gasteiger charge is 2.36. The maximum Gasteiger partial charge on any atom is 0.408 e. The number of hydrogen-bond donors (Lipinski definition) is 2. The Balaban J connectivity index is 0. The second-order valence-electron chi connectivity index (χ2n) is 12.0. The first-order chi connectivity index (χ1) is 15.9. The quantitative estimate of drug-likeness (QED) is 0.166. The van der Waals surface area contributed by atoms with Crippen LogP contribution in [0.3, 0.4) is 0 Å². The maximum absolute atomic E-state index is 11.8. The summed E-state index contributed by atoms with van der Waals surface area (Å²) in [5.41, 5.74) is -2.16. The molecule has 0 aliphatic rings. The average molecular weight is 651 g/mol. The fourth-order valence-corrected chi connectivity index (χ4v) is 2.80. The molecule has 0 rings (SSSR count). The monoisotopic (exact) mass is 650 g/mol. The lowest BCUT2D eigenvalue weighted by molar-refractivity contribution is -0.147. The molecule has 0 heterocycles. The summed E-state index contributed by atoms with van der Waals surface area (Å²) in [5, 5.41) is 5.06. The van der Waals surface area contributed by atoms with Crippen molar-refractivity contribution >= 4 is 58.3 Å². The van der Waals surface area contributed by atoms with Crippen molar-refractivity contribution in [3.05, 3.63) is 0 Å². The summed E-state index contributed by atoms with van der Waals surface area (Å²) in [4.78, 5) is 46.8. The predicted molar refractivity (Wildman–Crippen MR) is 147 cm³/mol. The third-order valence-electron chi connectivity index (χ3n) is 3.92. The van der Waals surface area contributed by atoms with E-state index in [1.807, 2.05) is 64.1 Å². The fourth-order valence-electron chi connectivity index (χ4n) is 2.38. The van der Waals surface area contributed by atoms with Crippen LogP contribution in [0.4, 0.5) is 9.59 Å². The minimum atomic E-state index is -0.814. The molecule has 0 aromatic carbocycles. The van der Waals surface area contributed by atoms with Gasteiger partial charge in [0.15, 0.2) is 6.07 Å². The van der Waals surface area contributed by atoms with Crippen LogP contribution in [-0.4, -0.2) is 58.1 Å². The number of carbonyl (C=O) groups excluding carboxylic acids is 4. The third kappa shape index (κ3) is 17.9. The molecule has 12 heteroatoms. The van der Waals surface area contributed by atoms with E-state index in [4.69, 9.17) is 30.5 Å². The fraction of sp³-hybridized carbons (Fsp3) is 0.833. The van der Waals surface area contributed by atoms with Crippen molar-refractivity contribution in [2.75, 3.05) is 10.7 Å². The number of esters is 2. The maximum atomic E-state index is 11.8. The van der Waals surface area contributed by atoms with Crippen LogP contribution in [0.1, 0.15) is 83.1 Å². The number of hydrogen-bond acceptors (Lipinski definition) is 8. The number of alkyl carbamates (subject to hydrolysis) is 2. The van der Waals surface area contributed by atoms with E-state index < -0.39 is 58.2 Å². The zero-order chi connectivity index (χ0) is 29.1. The lowest BCUT2D eigenvalue weighted by Gasteiger charge is -2.30. The second kappa shape index (κ2) is 15.0. The number of halogens is 2. The molecule has 0 radical (unpaired) electrons. The van der Waals surface area contributed by atoms with Gasteiger partial charge in [0.05, 0.1) is 0 Å². The number of amides is 2. The minimum Gasteiger partial charge on any atom is -0.453 e. The summed E-state index contributed by atoms with van der Waals surface area (Å²) < 4.78 is 20.1. The van der Waals surface area contributed by atoms with Crippen LogP contribution in [0.25, 0.3) is 0 Å². The molecule has 0 saturated heterocycles. The number of carbonyl (C=O) groups is 4. The molecule has 10 nitrogen and oxygen atoms in total. The Morgan fingerprint density at radius 1 is 0.667 bits per heavy atom. The van der Waals surface area contributed by atoms with E-state index in [1.165, 1.54) is 0 Å². The van der Waals surface area contributed by atoms with Crippen molar-refractivity contribution in [2.45, 2.75) is 106 Å². The summed E-state index contributed by atoms with van der Waals surface area (Å²) in [6.45, 7) is 21.5. The number of alkyl halides is 2. The van der Waals surface area contributed by atoms with E-state index >= 15 is 0 Å². The van der Waals surface area contributed by atoms with Gasteiger partial charge in [-0.1, -0.05) is 53.1 Å². The second-order valence-corrected chi connectivity index (χ2v) is 12.9. The highest BCUT2D eigenvalue weighted by molar-refractivity contribution is 14.1. The molecule has 0 saturated carbocycles. The molecule has 212 valence electrons. The van der Waals surface area contributed by atoms with Gasteiger partial charge in [0.25, 0.3) is 0 Å². The van der Waals surface area contributed by atoms with Crippen LogP contribution in [0.15, 0.2) is 0 Å². The van der Waals surface area contributed by atoms with Gasteiger partial charge in [-0.15, -0.1) is 0 Å². The molecule has 0 aliphatic heterocycles. The largest absolute Gasteiger partial charge is 0.453 e. The van der Waals surface area contributed by atoms with E-state index in [0.29, 0.717) is 0 Å². The van der Waals surface area contributed by atoms with Gasteiger partial charge in [-0.05, 0) is 75.0 Å². The first-order valence-electron chi connectivity index (χ1n) is 11.4. The van der Waals surface area contributed by atoms with Crippen molar-refractivity contribution in [3.63, 3.8) is 0 Å². The predicted octanol–water partition coefficient (Wildman–Crippen LogP) is 5.53. The molecule has 36 heavy (non-hydrogen) atoms. The van der Waals surface area contributed by atoms with E-state index in [2.05, 4.69) is 10.6 Å². The van der Waals surface area contributed by atoms with Gasteiger partial charge in [0, 0.05) is 0 Å². The van der Waals surface area contributed by atoms with Gasteiger partial charge in [-0.3, -0.25) is 0 Å². The first-order valence-corrected chi connectivity index (χ1v) is 13.4. The van der Waals surface area contributed by atoms with Gasteiger partial charge >= 0.3 is 24.1 Å². The van der Waals surface area contributed by atoms with E-state index in [1.54, 1.807) is 41.5 Å². The van der Waals surface area contributed by atoms with E-state index in [9.17, 15) is 19.2 Å². The van der Waals surface area contributed by atoms with Crippen LogP contribution in [0.5, 0.6) is 0 Å². The lowest BCUT2D eigenvalue weighted by Crippen LogP contribution is -2.51. The Hall–Kier alpha value is -1.50. The number of ether oxygens (including phenoxy) is 4. The van der Waals surface area contributed by atoms with Gasteiger partial charge < -0.3 is 29.6 Å². The van der Waals surface area contributed by atoms with E-state index in [0.717, 1.165) is 0 Å². The average Bonchev–Trinajstić information content (AvgIpc) is 2.60. The molecule has 0 aromatic heterocycles. The van der Waals surface area contributed by atoms with Crippen LogP contribution < -0.4 is 10.6 Å². The smallest absolute Gasteiger partial charge is 0.408 e. The third-order valence-corrected chi connectivity index (χ3v) is 4.34. The van der Waals surface area contributed by atoms with Crippen molar-refractivity contribution < 1.29 is 38.1 Å². The van der Waals surface area contributed by atoms with Crippen LogP contribution in [-0.2, 0) is 28.5 Å². The highest BCUT2D eigenvalue weighted by atomic mass is 127. The molecule has 0 fully saturated rings. The zero-order valence-corrected chi connectivity index (χ0v) is 26.5. The standard InChI is InChI=1S/C12H22ClNO4.C12H22INO4/c2*1-11(2,3)8(9(15)17-7-13)14-10(16)18-12(4,5)6/h2*8H,7H2,1-6H3,(H,14,16)/t2*8-/m11/s1. The van der Waals surface area contributed by atoms with E-state index in [-0.39, 0.29) is 10.7 Å². The SMILES string of the molecule is CC(C)(C)OC(=O)N[C@H](C(=O)OCCl)C(C)(C)C.CC(C)(C)OC(=O)N[C@H](C(=O)OCI)C(C)(C)C. The molecule has 2 atom stereocenters. The summed E-state index contributed by atoms with van der Waals surface area (Å²) in [6.07, 6.45) is -1.28. The Morgan fingerprint density at radius 3 is 1.19 bits per heavy atom. The normalized spacial score (nSPS) is 13.7. The molecule has 0 spiro atoms.